The highest BCUT2D eigenvalue weighted by Crippen LogP contribution is 2.54. The van der Waals surface area contributed by atoms with Gasteiger partial charge in [-0.1, -0.05) is 54.2 Å². The predicted octanol–water partition coefficient (Wildman–Crippen LogP) is 5.23. The molecule has 27 heavy (non-hydrogen) atoms. The number of anilines is 2. The number of nitrogens with one attached hydrogen (secondary N) is 2. The molecule has 3 aromatic rings. The van der Waals surface area contributed by atoms with Crippen molar-refractivity contribution in [2.75, 3.05) is 10.6 Å². The minimum Gasteiger partial charge on any atom is -0.354 e. The van der Waals surface area contributed by atoms with Crippen LogP contribution in [0, 0.1) is 5.82 Å². The molecule has 0 radical (unpaired) electrons. The maximum atomic E-state index is 13.4. The first-order chi connectivity index (χ1) is 13.2. The molecule has 2 N–H and O–H groups in total. The molecule has 5 heteroatoms. The molecule has 1 amide bonds. The number of hydrogen-bond donors (Lipinski definition) is 2. The van der Waals surface area contributed by atoms with Gasteiger partial charge in [-0.15, -0.1) is 0 Å². The summed E-state index contributed by atoms with van der Waals surface area (Å²) >= 11 is 1.52. The van der Waals surface area contributed by atoms with Gasteiger partial charge in [0.25, 0.3) is 0 Å². The van der Waals surface area contributed by atoms with E-state index in [9.17, 15) is 9.18 Å². The standard InChI is InChI=1S/C22H15FN2OS/c23-15-11-9-14(10-12-15)19-13-22(27-20-8-4-3-7-18(20)24-19)16-5-1-2-6-17(16)25-21(22)26/h1-13,24H,(H,25,26)/t22-/m1/s1. The van der Waals surface area contributed by atoms with Gasteiger partial charge >= 0.3 is 0 Å². The first kappa shape index (κ1) is 16.1. The second-order valence-corrected chi connectivity index (χ2v) is 7.81. The molecule has 3 nitrogen and oxygen atoms in total. The second-order valence-electron chi connectivity index (χ2n) is 6.52. The van der Waals surface area contributed by atoms with Gasteiger partial charge in [0.15, 0.2) is 0 Å². The number of amides is 1. The molecular formula is C22H15FN2OS. The Balaban J connectivity index is 1.76. The van der Waals surface area contributed by atoms with Crippen LogP contribution in [-0.4, -0.2) is 5.91 Å². The van der Waals surface area contributed by atoms with Crippen LogP contribution in [-0.2, 0) is 9.54 Å². The molecule has 2 aliphatic heterocycles. The molecule has 3 aromatic carbocycles. The first-order valence-corrected chi connectivity index (χ1v) is 9.42. The van der Waals surface area contributed by atoms with Crippen LogP contribution in [0.2, 0.25) is 0 Å². The lowest BCUT2D eigenvalue weighted by atomic mass is 9.96. The summed E-state index contributed by atoms with van der Waals surface area (Å²) in [6, 6.07) is 21.9. The van der Waals surface area contributed by atoms with Crippen molar-refractivity contribution < 1.29 is 9.18 Å². The normalized spacial score (nSPS) is 20.2. The maximum absolute atomic E-state index is 13.4. The van der Waals surface area contributed by atoms with Crippen molar-refractivity contribution in [2.45, 2.75) is 9.64 Å². The number of fused-ring (bicyclic) bond motifs is 3. The van der Waals surface area contributed by atoms with Gasteiger partial charge < -0.3 is 10.6 Å². The zero-order valence-corrected chi connectivity index (χ0v) is 15.0. The van der Waals surface area contributed by atoms with Crippen LogP contribution in [0.25, 0.3) is 5.70 Å². The van der Waals surface area contributed by atoms with E-state index in [1.54, 1.807) is 12.1 Å². The number of benzene rings is 3. The number of para-hydroxylation sites is 2. The summed E-state index contributed by atoms with van der Waals surface area (Å²) in [4.78, 5) is 14.1. The van der Waals surface area contributed by atoms with Gasteiger partial charge in [-0.25, -0.2) is 4.39 Å². The smallest absolute Gasteiger partial charge is 0.249 e. The zero-order valence-electron chi connectivity index (χ0n) is 14.2. The first-order valence-electron chi connectivity index (χ1n) is 8.60. The Hall–Kier alpha value is -3.05. The number of carbonyl (C=O) groups is 1. The lowest BCUT2D eigenvalue weighted by Gasteiger charge is -2.22. The summed E-state index contributed by atoms with van der Waals surface area (Å²) in [6.45, 7) is 0. The highest BCUT2D eigenvalue weighted by molar-refractivity contribution is 8.01. The fourth-order valence-corrected chi connectivity index (χ4v) is 4.86. The molecule has 1 spiro atoms. The number of rotatable bonds is 1. The molecule has 0 unspecified atom stereocenters. The van der Waals surface area contributed by atoms with Gasteiger partial charge in [-0.2, -0.15) is 0 Å². The molecule has 2 aliphatic rings. The topological polar surface area (TPSA) is 41.1 Å². The lowest BCUT2D eigenvalue weighted by molar-refractivity contribution is -0.116. The van der Waals surface area contributed by atoms with Crippen molar-refractivity contribution in [3.63, 3.8) is 0 Å². The van der Waals surface area contributed by atoms with E-state index in [-0.39, 0.29) is 11.7 Å². The minimum absolute atomic E-state index is 0.0770. The summed E-state index contributed by atoms with van der Waals surface area (Å²) < 4.78 is 12.5. The summed E-state index contributed by atoms with van der Waals surface area (Å²) in [5.41, 5.74) is 4.28. The van der Waals surface area contributed by atoms with Crippen molar-refractivity contribution in [3.8, 4) is 0 Å². The number of thioether (sulfide) groups is 1. The third-order valence-corrected chi connectivity index (χ3v) is 6.26. The summed E-state index contributed by atoms with van der Waals surface area (Å²) in [5, 5.41) is 6.44. The highest BCUT2D eigenvalue weighted by atomic mass is 32.2. The number of hydrogen-bond acceptors (Lipinski definition) is 3. The van der Waals surface area contributed by atoms with Crippen LogP contribution in [0.15, 0.2) is 83.8 Å². The molecule has 0 fully saturated rings. The summed E-state index contributed by atoms with van der Waals surface area (Å²) in [5.74, 6) is -0.367. The largest absolute Gasteiger partial charge is 0.354 e. The van der Waals surface area contributed by atoms with Crippen LogP contribution in [0.3, 0.4) is 0 Å². The molecule has 132 valence electrons. The van der Waals surface area contributed by atoms with Crippen molar-refractivity contribution in [1.82, 2.24) is 0 Å². The van der Waals surface area contributed by atoms with Gasteiger partial charge in [0.1, 0.15) is 10.6 Å². The molecule has 2 heterocycles. The van der Waals surface area contributed by atoms with Gasteiger partial charge in [0.05, 0.1) is 5.69 Å². The van der Waals surface area contributed by atoms with E-state index in [4.69, 9.17) is 0 Å². The van der Waals surface area contributed by atoms with Crippen LogP contribution >= 0.6 is 11.8 Å². The molecule has 1 atom stereocenters. The molecule has 0 aromatic heterocycles. The molecule has 5 rings (SSSR count). The maximum Gasteiger partial charge on any atom is 0.249 e. The molecular weight excluding hydrogens is 359 g/mol. The van der Waals surface area contributed by atoms with E-state index in [1.807, 2.05) is 54.6 Å². The van der Waals surface area contributed by atoms with Crippen molar-refractivity contribution in [3.05, 3.63) is 95.8 Å². The van der Waals surface area contributed by atoms with Gasteiger partial charge in [0, 0.05) is 21.8 Å². The Bertz CT molecular complexity index is 1090. The Kier molecular flexibility index (Phi) is 3.58. The Morgan fingerprint density at radius 3 is 2.33 bits per heavy atom. The van der Waals surface area contributed by atoms with E-state index >= 15 is 0 Å². The third-order valence-electron chi connectivity index (χ3n) is 4.84. The van der Waals surface area contributed by atoms with Gasteiger partial charge in [-0.05, 0) is 42.0 Å². The average Bonchev–Trinajstić information content (AvgIpc) is 2.84. The van der Waals surface area contributed by atoms with Gasteiger partial charge in [-0.3, -0.25) is 4.79 Å². The number of halogens is 1. The number of carbonyl (C=O) groups excluding carboxylic acids is 1. The van der Waals surface area contributed by atoms with Gasteiger partial charge in [0.2, 0.25) is 5.91 Å². The van der Waals surface area contributed by atoms with E-state index in [2.05, 4.69) is 10.6 Å². The van der Waals surface area contributed by atoms with Crippen LogP contribution in [0.5, 0.6) is 0 Å². The SMILES string of the molecule is O=C1Nc2ccccc2[C@]12C=C(c1ccc(F)cc1)Nc1ccccc1S2. The molecule has 0 saturated carbocycles. The lowest BCUT2D eigenvalue weighted by Crippen LogP contribution is -2.29. The zero-order chi connectivity index (χ0) is 18.4. The van der Waals surface area contributed by atoms with Crippen molar-refractivity contribution >= 4 is 34.7 Å². The van der Waals surface area contributed by atoms with Crippen molar-refractivity contribution in [2.24, 2.45) is 0 Å². The second kappa shape index (κ2) is 5.99. The van der Waals surface area contributed by atoms with E-state index in [0.717, 1.165) is 33.1 Å². The molecule has 0 saturated heterocycles. The van der Waals surface area contributed by atoms with E-state index in [1.165, 1.54) is 23.9 Å². The summed E-state index contributed by atoms with van der Waals surface area (Å²) in [6.07, 6.45) is 1.95. The van der Waals surface area contributed by atoms with Crippen LogP contribution < -0.4 is 10.6 Å². The fraction of sp³-hybridized carbons (Fsp3) is 0.0455. The predicted molar refractivity (Wildman–Crippen MR) is 107 cm³/mol. The fourth-order valence-electron chi connectivity index (χ4n) is 3.53. The van der Waals surface area contributed by atoms with Crippen LogP contribution in [0.4, 0.5) is 15.8 Å². The van der Waals surface area contributed by atoms with Crippen LogP contribution in [0.1, 0.15) is 11.1 Å². The Morgan fingerprint density at radius 1 is 0.815 bits per heavy atom. The van der Waals surface area contributed by atoms with E-state index < -0.39 is 4.75 Å². The monoisotopic (exact) mass is 374 g/mol. The highest BCUT2D eigenvalue weighted by Gasteiger charge is 2.47. The Labute approximate surface area is 160 Å². The minimum atomic E-state index is -0.889. The molecule has 0 bridgehead atoms. The molecule has 0 aliphatic carbocycles. The van der Waals surface area contributed by atoms with E-state index in [0.29, 0.717) is 0 Å². The van der Waals surface area contributed by atoms with Crippen molar-refractivity contribution in [1.29, 1.82) is 0 Å². The quantitative estimate of drug-likeness (QED) is 0.613. The average molecular weight is 374 g/mol. The Morgan fingerprint density at radius 2 is 1.52 bits per heavy atom. The third kappa shape index (κ3) is 2.54. The summed E-state index contributed by atoms with van der Waals surface area (Å²) in [7, 11) is 0.